The average Bonchev–Trinajstić information content (AvgIpc) is 3.30. The summed E-state index contributed by atoms with van der Waals surface area (Å²) in [7, 11) is 0. The van der Waals surface area contributed by atoms with Crippen molar-refractivity contribution in [3.05, 3.63) is 81.3 Å². The van der Waals surface area contributed by atoms with Crippen molar-refractivity contribution in [1.82, 2.24) is 14.8 Å². The summed E-state index contributed by atoms with van der Waals surface area (Å²) in [4.78, 5) is 4.08. The Morgan fingerprint density at radius 2 is 1.65 bits per heavy atom. The molecule has 0 radical (unpaired) electrons. The number of hydrogen-bond acceptors (Lipinski definition) is 4. The maximum Gasteiger partial charge on any atom is 0.142 e. The summed E-state index contributed by atoms with van der Waals surface area (Å²) in [5, 5.41) is 29.8. The van der Waals surface area contributed by atoms with E-state index in [4.69, 9.17) is 34.8 Å². The lowest BCUT2D eigenvalue weighted by Gasteiger charge is -2.44. The van der Waals surface area contributed by atoms with E-state index in [0.29, 0.717) is 26.2 Å². The van der Waals surface area contributed by atoms with Gasteiger partial charge in [0.15, 0.2) is 0 Å². The predicted octanol–water partition coefficient (Wildman–Crippen LogP) is 5.66. The minimum atomic E-state index is -1.74. The highest BCUT2D eigenvalue weighted by Crippen LogP contribution is 2.47. The molecule has 8 heteroatoms. The molecule has 1 fully saturated rings. The second-order valence-corrected chi connectivity index (χ2v) is 9.40. The van der Waals surface area contributed by atoms with Crippen LogP contribution in [0.25, 0.3) is 0 Å². The number of aromatic nitrogens is 3. The summed E-state index contributed by atoms with van der Waals surface area (Å²) in [6, 6.07) is 11.1. The highest BCUT2D eigenvalue weighted by molar-refractivity contribution is 6.35. The third-order valence-corrected chi connectivity index (χ3v) is 7.04. The normalized spacial score (nSPS) is 19.0. The van der Waals surface area contributed by atoms with Gasteiger partial charge in [0, 0.05) is 15.1 Å². The minimum absolute atomic E-state index is 0.0634. The van der Waals surface area contributed by atoms with Crippen LogP contribution in [-0.4, -0.2) is 31.1 Å². The quantitative estimate of drug-likeness (QED) is 0.478. The third-order valence-electron chi connectivity index (χ3n) is 6.23. The molecule has 31 heavy (non-hydrogen) atoms. The molecule has 1 heterocycles. The van der Waals surface area contributed by atoms with Crippen molar-refractivity contribution in [2.75, 3.05) is 0 Å². The molecule has 3 aromatic rings. The smallest absolute Gasteiger partial charge is 0.142 e. The van der Waals surface area contributed by atoms with Gasteiger partial charge in [0.1, 0.15) is 24.3 Å². The highest BCUT2D eigenvalue weighted by Gasteiger charge is 2.50. The van der Waals surface area contributed by atoms with E-state index in [0.717, 1.165) is 32.1 Å². The topological polar surface area (TPSA) is 71.2 Å². The van der Waals surface area contributed by atoms with Crippen molar-refractivity contribution in [3.63, 3.8) is 0 Å². The zero-order valence-corrected chi connectivity index (χ0v) is 19.1. The van der Waals surface area contributed by atoms with Gasteiger partial charge in [-0.2, -0.15) is 5.10 Å². The van der Waals surface area contributed by atoms with E-state index in [-0.39, 0.29) is 5.92 Å². The van der Waals surface area contributed by atoms with Crippen LogP contribution in [0.15, 0.2) is 55.1 Å². The average molecular weight is 481 g/mol. The first kappa shape index (κ1) is 22.6. The second kappa shape index (κ2) is 9.47. The predicted molar refractivity (Wildman–Crippen MR) is 123 cm³/mol. The first-order valence-electron chi connectivity index (χ1n) is 10.4. The van der Waals surface area contributed by atoms with E-state index in [1.807, 2.05) is 0 Å². The molecule has 0 aliphatic heterocycles. The van der Waals surface area contributed by atoms with Gasteiger partial charge in [-0.1, -0.05) is 72.3 Å². The molecule has 0 spiro atoms. The van der Waals surface area contributed by atoms with Crippen molar-refractivity contribution in [3.8, 4) is 0 Å². The standard InChI is InChI=1S/C23H24Cl3N3O2/c24-17-8-6-16(7-9-17)23(31,22(30)15-4-2-1-3-5-15)21(29-14-27-13-28-29)19-11-10-18(25)12-20(19)26/h6-15,21-22,30-31H,1-5H2. The second-order valence-electron chi connectivity index (χ2n) is 8.12. The summed E-state index contributed by atoms with van der Waals surface area (Å²) in [5.41, 5.74) is -0.622. The van der Waals surface area contributed by atoms with Crippen LogP contribution in [0.2, 0.25) is 15.1 Å². The highest BCUT2D eigenvalue weighted by atomic mass is 35.5. The summed E-state index contributed by atoms with van der Waals surface area (Å²) < 4.78 is 1.54. The lowest BCUT2D eigenvalue weighted by atomic mass is 9.71. The van der Waals surface area contributed by atoms with Crippen molar-refractivity contribution in [2.24, 2.45) is 5.92 Å². The van der Waals surface area contributed by atoms with E-state index in [2.05, 4.69) is 10.1 Å². The van der Waals surface area contributed by atoms with Crippen molar-refractivity contribution >= 4 is 34.8 Å². The SMILES string of the molecule is OC(C1CCCCC1)C(O)(c1ccc(Cl)cc1)C(c1ccc(Cl)cc1Cl)n1cncn1. The van der Waals surface area contributed by atoms with Gasteiger partial charge in [0.2, 0.25) is 0 Å². The number of hydrogen-bond donors (Lipinski definition) is 2. The fourth-order valence-electron chi connectivity index (χ4n) is 4.67. The van der Waals surface area contributed by atoms with Crippen LogP contribution >= 0.6 is 34.8 Å². The van der Waals surface area contributed by atoms with Crippen molar-refractivity contribution in [2.45, 2.75) is 49.9 Å². The molecule has 164 valence electrons. The zero-order chi connectivity index (χ0) is 22.0. The molecule has 0 amide bonds. The molecule has 4 rings (SSSR count). The molecule has 5 nitrogen and oxygen atoms in total. The van der Waals surface area contributed by atoms with Crippen molar-refractivity contribution < 1.29 is 10.2 Å². The van der Waals surface area contributed by atoms with Gasteiger partial charge in [-0.3, -0.25) is 0 Å². The number of benzene rings is 2. The van der Waals surface area contributed by atoms with E-state index in [9.17, 15) is 10.2 Å². The van der Waals surface area contributed by atoms with Crippen LogP contribution in [-0.2, 0) is 5.60 Å². The Kier molecular flexibility index (Phi) is 6.89. The van der Waals surface area contributed by atoms with Crippen LogP contribution < -0.4 is 0 Å². The van der Waals surface area contributed by atoms with Crippen molar-refractivity contribution in [1.29, 1.82) is 0 Å². The van der Waals surface area contributed by atoms with E-state index >= 15 is 0 Å². The Balaban J connectivity index is 1.92. The fourth-order valence-corrected chi connectivity index (χ4v) is 5.31. The summed E-state index contributed by atoms with van der Waals surface area (Å²) >= 11 is 18.8. The van der Waals surface area contributed by atoms with Gasteiger partial charge in [-0.05, 0) is 54.2 Å². The molecule has 1 aromatic heterocycles. The molecule has 2 N–H and O–H groups in total. The lowest BCUT2D eigenvalue weighted by molar-refractivity contribution is -0.136. The van der Waals surface area contributed by atoms with Gasteiger partial charge in [0.05, 0.1) is 6.10 Å². The molecule has 1 saturated carbocycles. The number of rotatable bonds is 6. The Labute approximate surface area is 196 Å². The molecular weight excluding hydrogens is 457 g/mol. The number of aliphatic hydroxyl groups is 2. The molecule has 1 aliphatic rings. The van der Waals surface area contributed by atoms with E-state index < -0.39 is 17.7 Å². The van der Waals surface area contributed by atoms with Crippen LogP contribution in [0, 0.1) is 5.92 Å². The first-order chi connectivity index (χ1) is 14.9. The van der Waals surface area contributed by atoms with Crippen LogP contribution in [0.5, 0.6) is 0 Å². The number of nitrogens with zero attached hydrogens (tertiary/aromatic N) is 3. The maximum atomic E-state index is 12.4. The van der Waals surface area contributed by atoms with Crippen LogP contribution in [0.4, 0.5) is 0 Å². The Hall–Kier alpha value is -1.63. The fraction of sp³-hybridized carbons (Fsp3) is 0.391. The van der Waals surface area contributed by atoms with Crippen LogP contribution in [0.1, 0.15) is 49.3 Å². The molecule has 0 bridgehead atoms. The van der Waals surface area contributed by atoms with Gasteiger partial charge >= 0.3 is 0 Å². The monoisotopic (exact) mass is 479 g/mol. The summed E-state index contributed by atoms with van der Waals surface area (Å²) in [6.07, 6.45) is 6.72. The Morgan fingerprint density at radius 1 is 0.968 bits per heavy atom. The maximum absolute atomic E-state index is 12.4. The van der Waals surface area contributed by atoms with Gasteiger partial charge in [-0.15, -0.1) is 0 Å². The zero-order valence-electron chi connectivity index (χ0n) is 16.8. The number of halogens is 3. The summed E-state index contributed by atoms with van der Waals surface area (Å²) in [6.45, 7) is 0. The van der Waals surface area contributed by atoms with Gasteiger partial charge in [-0.25, -0.2) is 9.67 Å². The molecule has 0 saturated heterocycles. The third kappa shape index (κ3) is 4.48. The van der Waals surface area contributed by atoms with E-state index in [1.54, 1.807) is 42.5 Å². The first-order valence-corrected chi connectivity index (χ1v) is 11.5. The molecule has 2 aromatic carbocycles. The molecular formula is C23H24Cl3N3O2. The largest absolute Gasteiger partial charge is 0.389 e. The number of aliphatic hydroxyl groups excluding tert-OH is 1. The Morgan fingerprint density at radius 3 is 2.26 bits per heavy atom. The summed E-state index contributed by atoms with van der Waals surface area (Å²) in [5.74, 6) is -0.0634. The molecule has 1 aliphatic carbocycles. The lowest BCUT2D eigenvalue weighted by Crippen LogP contribution is -2.51. The molecule has 3 unspecified atom stereocenters. The van der Waals surface area contributed by atoms with Gasteiger partial charge in [0.25, 0.3) is 0 Å². The van der Waals surface area contributed by atoms with Crippen LogP contribution in [0.3, 0.4) is 0 Å². The minimum Gasteiger partial charge on any atom is -0.389 e. The Bertz CT molecular complexity index is 1010. The van der Waals surface area contributed by atoms with E-state index in [1.165, 1.54) is 17.3 Å². The van der Waals surface area contributed by atoms with Gasteiger partial charge < -0.3 is 10.2 Å². The molecule has 3 atom stereocenters.